The Morgan fingerprint density at radius 3 is 2.62 bits per heavy atom. The number of aromatic nitrogens is 3. The number of anilines is 1. The summed E-state index contributed by atoms with van der Waals surface area (Å²) in [7, 11) is 3.76. The predicted octanol–water partition coefficient (Wildman–Crippen LogP) is 3.79. The molecule has 32 heavy (non-hydrogen) atoms. The van der Waals surface area contributed by atoms with E-state index in [0.29, 0.717) is 34.5 Å². The molecule has 0 saturated heterocycles. The first-order valence-electron chi connectivity index (χ1n) is 10.5. The fraction of sp³-hybridized carbons (Fsp3) is 0.435. The molecule has 0 saturated carbocycles. The normalized spacial score (nSPS) is 12.1. The zero-order chi connectivity index (χ0) is 23.4. The van der Waals surface area contributed by atoms with Crippen molar-refractivity contribution in [1.29, 1.82) is 0 Å². The highest BCUT2D eigenvalue weighted by Crippen LogP contribution is 2.36. The third-order valence-corrected chi connectivity index (χ3v) is 5.62. The molecule has 172 valence electrons. The Kier molecular flexibility index (Phi) is 7.71. The minimum absolute atomic E-state index is 0.158. The lowest BCUT2D eigenvalue weighted by molar-refractivity contribution is 0.108. The number of aliphatic hydroxyl groups is 1. The summed E-state index contributed by atoms with van der Waals surface area (Å²) in [5.74, 6) is 2.56. The van der Waals surface area contributed by atoms with E-state index >= 15 is 0 Å². The van der Waals surface area contributed by atoms with Crippen molar-refractivity contribution in [2.75, 3.05) is 38.7 Å². The van der Waals surface area contributed by atoms with Gasteiger partial charge in [-0.15, -0.1) is 0 Å². The topological polar surface area (TPSA) is 96.5 Å². The maximum atomic E-state index is 9.94. The van der Waals surface area contributed by atoms with Crippen LogP contribution in [0.3, 0.4) is 0 Å². The number of nitrogens with one attached hydrogen (secondary N) is 1. The van der Waals surface area contributed by atoms with E-state index in [-0.39, 0.29) is 6.61 Å². The lowest BCUT2D eigenvalue weighted by Crippen LogP contribution is -2.29. The van der Waals surface area contributed by atoms with Gasteiger partial charge in [0, 0.05) is 31.3 Å². The Bertz CT molecular complexity index is 1070. The van der Waals surface area contributed by atoms with Gasteiger partial charge in [0.2, 0.25) is 0 Å². The van der Waals surface area contributed by atoms with Gasteiger partial charge in [0.25, 0.3) is 0 Å². The monoisotopic (exact) mass is 459 g/mol. The fourth-order valence-corrected chi connectivity index (χ4v) is 3.67. The number of likely N-dealkylation sites (N-methyl/N-ethyl adjacent to an activating group) is 1. The van der Waals surface area contributed by atoms with Gasteiger partial charge in [-0.25, -0.2) is 9.97 Å². The van der Waals surface area contributed by atoms with E-state index in [1.807, 2.05) is 27.8 Å². The molecule has 2 heterocycles. The number of aliphatic hydroxyl groups excluding tert-OH is 1. The molecule has 3 aromatic rings. The van der Waals surface area contributed by atoms with E-state index in [9.17, 15) is 5.11 Å². The van der Waals surface area contributed by atoms with E-state index in [2.05, 4.69) is 22.3 Å². The molecule has 2 aromatic heterocycles. The van der Waals surface area contributed by atoms with Crippen molar-refractivity contribution >= 4 is 17.4 Å². The molecular formula is C23H30ClN5O3. The lowest BCUT2D eigenvalue weighted by atomic mass is 10.0. The summed E-state index contributed by atoms with van der Waals surface area (Å²) in [6.07, 6.45) is -0.620. The standard InChI is InChI=1S/C23H30ClN5O3/c1-7-29(6)23-13(2)21(20-14(3)28-32-15(20)4)26-22(27-23)18-10-17(8-9-19(18)24)31-12-16(30)11-25-5/h8-10,16,25,30H,7,11-12H2,1-6H3/t16-/m1/s1. The number of benzene rings is 1. The highest BCUT2D eigenvalue weighted by molar-refractivity contribution is 6.33. The van der Waals surface area contributed by atoms with Crippen molar-refractivity contribution in [2.24, 2.45) is 0 Å². The third-order valence-electron chi connectivity index (χ3n) is 5.29. The van der Waals surface area contributed by atoms with Crippen molar-refractivity contribution < 1.29 is 14.4 Å². The van der Waals surface area contributed by atoms with Crippen molar-refractivity contribution in [2.45, 2.75) is 33.8 Å². The van der Waals surface area contributed by atoms with Gasteiger partial charge in [-0.3, -0.25) is 0 Å². The van der Waals surface area contributed by atoms with Crippen LogP contribution in [0.1, 0.15) is 23.9 Å². The first-order chi connectivity index (χ1) is 15.3. The lowest BCUT2D eigenvalue weighted by Gasteiger charge is -2.21. The van der Waals surface area contributed by atoms with Crippen molar-refractivity contribution in [1.82, 2.24) is 20.4 Å². The molecule has 0 fully saturated rings. The molecule has 3 rings (SSSR count). The van der Waals surface area contributed by atoms with Crippen molar-refractivity contribution in [3.63, 3.8) is 0 Å². The van der Waals surface area contributed by atoms with Crippen LogP contribution in [0.4, 0.5) is 5.82 Å². The van der Waals surface area contributed by atoms with E-state index in [1.54, 1.807) is 25.2 Å². The SMILES string of the molecule is CCN(C)c1nc(-c2cc(OC[C@H](O)CNC)ccc2Cl)nc(-c2c(C)noc2C)c1C. The number of ether oxygens (including phenoxy) is 1. The number of halogens is 1. The second-order valence-electron chi connectivity index (χ2n) is 7.72. The van der Waals surface area contributed by atoms with Gasteiger partial charge in [-0.05, 0) is 52.9 Å². The smallest absolute Gasteiger partial charge is 0.163 e. The second-order valence-corrected chi connectivity index (χ2v) is 8.13. The van der Waals surface area contributed by atoms with Crippen LogP contribution in [0.25, 0.3) is 22.6 Å². The Balaban J connectivity index is 2.11. The molecule has 1 atom stereocenters. The van der Waals surface area contributed by atoms with Gasteiger partial charge in [0.05, 0.1) is 22.0 Å². The van der Waals surface area contributed by atoms with Crippen LogP contribution >= 0.6 is 11.6 Å². The first kappa shape index (κ1) is 24.0. The molecule has 8 nitrogen and oxygen atoms in total. The molecule has 1 aromatic carbocycles. The highest BCUT2D eigenvalue weighted by atomic mass is 35.5. The van der Waals surface area contributed by atoms with Crippen LogP contribution in [-0.2, 0) is 0 Å². The van der Waals surface area contributed by atoms with Crippen LogP contribution in [0.5, 0.6) is 5.75 Å². The summed E-state index contributed by atoms with van der Waals surface area (Å²) in [6, 6.07) is 5.31. The average molecular weight is 460 g/mol. The Labute approximate surface area is 193 Å². The van der Waals surface area contributed by atoms with Gasteiger partial charge in [-0.2, -0.15) is 0 Å². The second kappa shape index (κ2) is 10.3. The van der Waals surface area contributed by atoms with E-state index < -0.39 is 6.10 Å². The molecule has 0 aliphatic heterocycles. The van der Waals surface area contributed by atoms with Gasteiger partial charge in [0.1, 0.15) is 30.0 Å². The number of nitrogens with zero attached hydrogens (tertiary/aromatic N) is 4. The Hall–Kier alpha value is -2.68. The molecular weight excluding hydrogens is 430 g/mol. The summed E-state index contributed by atoms with van der Waals surface area (Å²) in [5.41, 5.74) is 3.96. The van der Waals surface area contributed by atoms with Crippen LogP contribution in [0, 0.1) is 20.8 Å². The molecule has 0 aliphatic carbocycles. The van der Waals surface area contributed by atoms with Crippen LogP contribution < -0.4 is 15.0 Å². The number of hydrogen-bond acceptors (Lipinski definition) is 8. The maximum absolute atomic E-state index is 9.94. The minimum Gasteiger partial charge on any atom is -0.491 e. The van der Waals surface area contributed by atoms with Crippen LogP contribution in [0.2, 0.25) is 5.02 Å². The zero-order valence-electron chi connectivity index (χ0n) is 19.4. The minimum atomic E-state index is -0.620. The van der Waals surface area contributed by atoms with E-state index in [4.69, 9.17) is 30.8 Å². The van der Waals surface area contributed by atoms with E-state index in [1.165, 1.54) is 0 Å². The highest BCUT2D eigenvalue weighted by Gasteiger charge is 2.22. The fourth-order valence-electron chi connectivity index (χ4n) is 3.46. The predicted molar refractivity (Wildman–Crippen MR) is 127 cm³/mol. The molecule has 0 spiro atoms. The third kappa shape index (κ3) is 5.03. The first-order valence-corrected chi connectivity index (χ1v) is 10.9. The summed E-state index contributed by atoms with van der Waals surface area (Å²) in [6.45, 7) is 9.20. The zero-order valence-corrected chi connectivity index (χ0v) is 20.1. The van der Waals surface area contributed by atoms with Crippen molar-refractivity contribution in [3.8, 4) is 28.4 Å². The van der Waals surface area contributed by atoms with Gasteiger partial charge in [-0.1, -0.05) is 16.8 Å². The van der Waals surface area contributed by atoms with Crippen LogP contribution in [0.15, 0.2) is 22.7 Å². The summed E-state index contributed by atoms with van der Waals surface area (Å²) in [4.78, 5) is 11.8. The Morgan fingerprint density at radius 1 is 1.25 bits per heavy atom. The average Bonchev–Trinajstić information content (AvgIpc) is 3.11. The van der Waals surface area contributed by atoms with Gasteiger partial charge >= 0.3 is 0 Å². The number of aryl methyl sites for hydroxylation is 2. The quantitative estimate of drug-likeness (QED) is 0.499. The van der Waals surface area contributed by atoms with Crippen molar-refractivity contribution in [3.05, 3.63) is 40.2 Å². The molecule has 0 unspecified atom stereocenters. The van der Waals surface area contributed by atoms with E-state index in [0.717, 1.165) is 34.9 Å². The molecule has 0 aliphatic rings. The molecule has 0 amide bonds. The summed E-state index contributed by atoms with van der Waals surface area (Å²) >= 11 is 6.55. The summed E-state index contributed by atoms with van der Waals surface area (Å²) < 4.78 is 11.2. The largest absolute Gasteiger partial charge is 0.491 e. The van der Waals surface area contributed by atoms with Gasteiger partial charge in [0.15, 0.2) is 5.82 Å². The molecule has 2 N–H and O–H groups in total. The summed E-state index contributed by atoms with van der Waals surface area (Å²) in [5, 5.41) is 17.5. The maximum Gasteiger partial charge on any atom is 0.163 e. The van der Waals surface area contributed by atoms with Crippen LogP contribution in [-0.4, -0.2) is 60.1 Å². The number of rotatable bonds is 9. The molecule has 0 bridgehead atoms. The van der Waals surface area contributed by atoms with Gasteiger partial charge < -0.3 is 24.6 Å². The number of hydrogen-bond donors (Lipinski definition) is 2. The Morgan fingerprint density at radius 2 is 2.00 bits per heavy atom. The molecule has 0 radical (unpaired) electrons. The molecule has 9 heteroatoms.